The fraction of sp³-hybridized carbons (Fsp3) is 1.00. The summed E-state index contributed by atoms with van der Waals surface area (Å²) in [6.07, 6.45) is 12.6. The minimum absolute atomic E-state index is 0.516. The van der Waals surface area contributed by atoms with Crippen molar-refractivity contribution in [2.45, 2.75) is 84.1 Å². The summed E-state index contributed by atoms with van der Waals surface area (Å²) < 4.78 is 0. The van der Waals surface area contributed by atoms with Gasteiger partial charge in [0.15, 0.2) is 0 Å². The zero-order chi connectivity index (χ0) is 11.9. The van der Waals surface area contributed by atoms with Gasteiger partial charge in [0.25, 0.3) is 0 Å². The third-order valence-electron chi connectivity index (χ3n) is 4.26. The Morgan fingerprint density at radius 1 is 0.875 bits per heavy atom. The maximum absolute atomic E-state index is 2.78. The first-order valence-electron chi connectivity index (χ1n) is 7.48. The van der Waals surface area contributed by atoms with Crippen molar-refractivity contribution in [3.63, 3.8) is 0 Å². The first-order valence-corrected chi connectivity index (χ1v) is 7.48. The molecule has 0 aromatic carbocycles. The maximum Gasteiger partial charge on any atom is 0.0181 e. The summed E-state index contributed by atoms with van der Waals surface area (Å²) in [5.41, 5.74) is 0.516. The predicted octanol–water partition coefficient (Wildman–Crippen LogP) is 4.61. The zero-order valence-electron chi connectivity index (χ0n) is 11.7. The van der Waals surface area contributed by atoms with Crippen LogP contribution in [0.15, 0.2) is 0 Å². The monoisotopic (exact) mass is 225 g/mol. The van der Waals surface area contributed by atoms with Gasteiger partial charge in [0, 0.05) is 5.54 Å². The van der Waals surface area contributed by atoms with Crippen molar-refractivity contribution in [3.05, 3.63) is 0 Å². The van der Waals surface area contributed by atoms with Crippen molar-refractivity contribution in [1.29, 1.82) is 0 Å². The largest absolute Gasteiger partial charge is 0.298 e. The van der Waals surface area contributed by atoms with Gasteiger partial charge in [0.2, 0.25) is 0 Å². The minimum Gasteiger partial charge on any atom is -0.298 e. The maximum atomic E-state index is 2.78. The molecule has 1 aliphatic heterocycles. The van der Waals surface area contributed by atoms with Crippen molar-refractivity contribution in [1.82, 2.24) is 4.90 Å². The lowest BCUT2D eigenvalue weighted by Crippen LogP contribution is -2.44. The van der Waals surface area contributed by atoms with Crippen LogP contribution >= 0.6 is 0 Å². The molecular weight excluding hydrogens is 194 g/mol. The van der Waals surface area contributed by atoms with E-state index >= 15 is 0 Å². The molecule has 0 radical (unpaired) electrons. The van der Waals surface area contributed by atoms with Gasteiger partial charge in [-0.15, -0.1) is 0 Å². The van der Waals surface area contributed by atoms with Crippen LogP contribution in [0.2, 0.25) is 0 Å². The molecule has 0 N–H and O–H groups in total. The van der Waals surface area contributed by atoms with Crippen molar-refractivity contribution >= 4 is 0 Å². The first-order chi connectivity index (χ1) is 7.73. The Balaban J connectivity index is 2.44. The number of nitrogens with zero attached hydrogens (tertiary/aromatic N) is 1. The Bertz CT molecular complexity index is 172. The topological polar surface area (TPSA) is 3.24 Å². The Labute approximate surface area is 103 Å². The molecule has 0 amide bonds. The van der Waals surface area contributed by atoms with E-state index in [1.54, 1.807) is 0 Å². The summed E-state index contributed by atoms with van der Waals surface area (Å²) in [5.74, 6) is 0. The molecule has 0 aliphatic carbocycles. The lowest BCUT2D eigenvalue weighted by molar-refractivity contribution is 0.108. The van der Waals surface area contributed by atoms with Crippen molar-refractivity contribution in [2.75, 3.05) is 13.1 Å². The second-order valence-corrected chi connectivity index (χ2v) is 5.75. The number of likely N-dealkylation sites (tertiary alicyclic amines) is 1. The molecule has 0 saturated carbocycles. The summed E-state index contributed by atoms with van der Waals surface area (Å²) >= 11 is 0. The average Bonchev–Trinajstić information content (AvgIpc) is 2.81. The lowest BCUT2D eigenvalue weighted by atomic mass is 9.87. The van der Waals surface area contributed by atoms with Crippen LogP contribution in [0.1, 0.15) is 78.6 Å². The van der Waals surface area contributed by atoms with Crippen LogP contribution in [0, 0.1) is 0 Å². The number of hydrogen-bond donors (Lipinski definition) is 0. The van der Waals surface area contributed by atoms with Crippen LogP contribution < -0.4 is 0 Å². The normalized spacial score (nSPS) is 21.2. The molecule has 0 aromatic heterocycles. The molecule has 1 nitrogen and oxygen atoms in total. The molecule has 1 aliphatic rings. The van der Waals surface area contributed by atoms with E-state index in [1.807, 2.05) is 0 Å². The standard InChI is InChI=1S/C15H31N/c1-4-6-8-12-15(3,11-7-5-2)16-13-9-10-14-16/h4-14H2,1-3H3. The number of hydrogen-bond acceptors (Lipinski definition) is 1. The van der Waals surface area contributed by atoms with Crippen molar-refractivity contribution in [2.24, 2.45) is 0 Å². The quantitative estimate of drug-likeness (QED) is 0.545. The molecule has 1 saturated heterocycles. The zero-order valence-corrected chi connectivity index (χ0v) is 11.7. The van der Waals surface area contributed by atoms with Gasteiger partial charge in [-0.05, 0) is 45.7 Å². The molecule has 1 heteroatoms. The number of rotatable bonds is 8. The van der Waals surface area contributed by atoms with E-state index in [1.165, 1.54) is 70.9 Å². The van der Waals surface area contributed by atoms with E-state index < -0.39 is 0 Å². The first kappa shape index (κ1) is 14.0. The molecule has 0 bridgehead atoms. The fourth-order valence-electron chi connectivity index (χ4n) is 3.01. The van der Waals surface area contributed by atoms with Crippen LogP contribution in [-0.4, -0.2) is 23.5 Å². The van der Waals surface area contributed by atoms with E-state index in [0.717, 1.165) is 0 Å². The predicted molar refractivity (Wildman–Crippen MR) is 72.9 cm³/mol. The van der Waals surface area contributed by atoms with Gasteiger partial charge >= 0.3 is 0 Å². The van der Waals surface area contributed by atoms with Gasteiger partial charge in [-0.3, -0.25) is 4.90 Å². The molecule has 1 fully saturated rings. The molecule has 1 atom stereocenters. The van der Waals surface area contributed by atoms with E-state index in [2.05, 4.69) is 25.7 Å². The SMILES string of the molecule is CCCCCC(C)(CCCC)N1CCCC1. The summed E-state index contributed by atoms with van der Waals surface area (Å²) in [7, 11) is 0. The molecule has 0 aromatic rings. The van der Waals surface area contributed by atoms with Crippen molar-refractivity contribution in [3.8, 4) is 0 Å². The fourth-order valence-corrected chi connectivity index (χ4v) is 3.01. The molecule has 96 valence electrons. The van der Waals surface area contributed by atoms with Gasteiger partial charge in [0.1, 0.15) is 0 Å². The van der Waals surface area contributed by atoms with Crippen LogP contribution in [0.4, 0.5) is 0 Å². The summed E-state index contributed by atoms with van der Waals surface area (Å²) in [4.78, 5) is 2.78. The minimum atomic E-state index is 0.516. The van der Waals surface area contributed by atoms with Crippen LogP contribution in [0.3, 0.4) is 0 Å². The smallest absolute Gasteiger partial charge is 0.0181 e. The van der Waals surface area contributed by atoms with E-state index in [9.17, 15) is 0 Å². The average molecular weight is 225 g/mol. The third kappa shape index (κ3) is 4.08. The van der Waals surface area contributed by atoms with E-state index in [0.29, 0.717) is 5.54 Å². The van der Waals surface area contributed by atoms with Crippen LogP contribution in [0.25, 0.3) is 0 Å². The third-order valence-corrected chi connectivity index (χ3v) is 4.26. The van der Waals surface area contributed by atoms with E-state index in [-0.39, 0.29) is 0 Å². The second-order valence-electron chi connectivity index (χ2n) is 5.75. The molecule has 0 spiro atoms. The van der Waals surface area contributed by atoms with Crippen LogP contribution in [-0.2, 0) is 0 Å². The molecule has 16 heavy (non-hydrogen) atoms. The molecule has 1 heterocycles. The van der Waals surface area contributed by atoms with Gasteiger partial charge < -0.3 is 0 Å². The highest BCUT2D eigenvalue weighted by molar-refractivity contribution is 4.88. The summed E-state index contributed by atoms with van der Waals surface area (Å²) in [6, 6.07) is 0. The highest BCUT2D eigenvalue weighted by atomic mass is 15.2. The summed E-state index contributed by atoms with van der Waals surface area (Å²) in [5, 5.41) is 0. The number of unbranched alkanes of at least 4 members (excludes halogenated alkanes) is 3. The van der Waals surface area contributed by atoms with Gasteiger partial charge in [-0.25, -0.2) is 0 Å². The molecular formula is C15H31N. The van der Waals surface area contributed by atoms with Gasteiger partial charge in [0.05, 0.1) is 0 Å². The summed E-state index contributed by atoms with van der Waals surface area (Å²) in [6.45, 7) is 9.85. The molecule has 1 unspecified atom stereocenters. The lowest BCUT2D eigenvalue weighted by Gasteiger charge is -2.39. The Kier molecular flexibility index (Phi) is 6.41. The van der Waals surface area contributed by atoms with Crippen LogP contribution in [0.5, 0.6) is 0 Å². The second kappa shape index (κ2) is 7.32. The highest BCUT2D eigenvalue weighted by Crippen LogP contribution is 2.31. The Hall–Kier alpha value is -0.0400. The van der Waals surface area contributed by atoms with Crippen molar-refractivity contribution < 1.29 is 0 Å². The highest BCUT2D eigenvalue weighted by Gasteiger charge is 2.32. The van der Waals surface area contributed by atoms with Gasteiger partial charge in [-0.2, -0.15) is 0 Å². The molecule has 1 rings (SSSR count). The van der Waals surface area contributed by atoms with E-state index in [4.69, 9.17) is 0 Å². The Morgan fingerprint density at radius 3 is 2.00 bits per heavy atom. The Morgan fingerprint density at radius 2 is 1.44 bits per heavy atom. The van der Waals surface area contributed by atoms with Gasteiger partial charge in [-0.1, -0.05) is 46.0 Å².